The Morgan fingerprint density at radius 3 is 2.84 bits per heavy atom. The maximum Gasteiger partial charge on any atom is 0.182 e. The van der Waals surface area contributed by atoms with E-state index in [0.717, 1.165) is 43.0 Å². The third-order valence-electron chi connectivity index (χ3n) is 3.33. The zero-order chi connectivity index (χ0) is 13.7. The Hall–Kier alpha value is -1.49. The Labute approximate surface area is 114 Å². The summed E-state index contributed by atoms with van der Waals surface area (Å²) in [5.41, 5.74) is 1.92. The van der Waals surface area contributed by atoms with Crippen LogP contribution in [0.5, 0.6) is 0 Å². The summed E-state index contributed by atoms with van der Waals surface area (Å²) in [7, 11) is 0. The van der Waals surface area contributed by atoms with Gasteiger partial charge in [0.15, 0.2) is 5.65 Å². The summed E-state index contributed by atoms with van der Waals surface area (Å²) in [5, 5.41) is 12.0. The van der Waals surface area contributed by atoms with E-state index in [1.165, 1.54) is 6.42 Å². The molecule has 5 nitrogen and oxygen atoms in total. The lowest BCUT2D eigenvalue weighted by atomic mass is 10.1. The van der Waals surface area contributed by atoms with Crippen LogP contribution in [-0.4, -0.2) is 32.2 Å². The topological polar surface area (TPSA) is 55.1 Å². The molecule has 1 atom stereocenters. The van der Waals surface area contributed by atoms with Gasteiger partial charge in [0.05, 0.1) is 5.69 Å². The second-order valence-electron chi connectivity index (χ2n) is 4.96. The van der Waals surface area contributed by atoms with Crippen LogP contribution in [0.2, 0.25) is 0 Å². The highest BCUT2D eigenvalue weighted by molar-refractivity contribution is 5.43. The minimum Gasteiger partial charge on any atom is -0.314 e. The van der Waals surface area contributed by atoms with Gasteiger partial charge in [0.1, 0.15) is 5.82 Å². The Bertz CT molecular complexity index is 520. The van der Waals surface area contributed by atoms with Crippen LogP contribution in [0.4, 0.5) is 0 Å². The molecule has 0 aliphatic carbocycles. The Balaban J connectivity index is 2.18. The molecule has 0 aliphatic heterocycles. The first-order chi connectivity index (χ1) is 9.26. The Morgan fingerprint density at radius 2 is 2.11 bits per heavy atom. The molecule has 1 N–H and O–H groups in total. The number of hydrogen-bond acceptors (Lipinski definition) is 4. The molecule has 0 aromatic carbocycles. The normalized spacial score (nSPS) is 13.0. The van der Waals surface area contributed by atoms with E-state index in [2.05, 4.69) is 34.3 Å². The second-order valence-corrected chi connectivity index (χ2v) is 4.96. The molecule has 104 valence electrons. The SMILES string of the molecule is CCCNC(CCC)Cc1nccn2c(C)nnc12. The predicted octanol–water partition coefficient (Wildman–Crippen LogP) is 2.14. The van der Waals surface area contributed by atoms with Gasteiger partial charge in [0, 0.05) is 24.9 Å². The smallest absolute Gasteiger partial charge is 0.182 e. The first kappa shape index (κ1) is 13.9. The molecule has 2 heterocycles. The van der Waals surface area contributed by atoms with Gasteiger partial charge in [-0.15, -0.1) is 10.2 Å². The van der Waals surface area contributed by atoms with E-state index in [9.17, 15) is 0 Å². The molecule has 0 saturated carbocycles. The summed E-state index contributed by atoms with van der Waals surface area (Å²) in [6.45, 7) is 7.43. The number of fused-ring (bicyclic) bond motifs is 1. The quantitative estimate of drug-likeness (QED) is 0.829. The van der Waals surface area contributed by atoms with Crippen molar-refractivity contribution in [2.45, 2.75) is 52.5 Å². The summed E-state index contributed by atoms with van der Waals surface area (Å²) in [6.07, 6.45) is 8.16. The molecular formula is C14H23N5. The highest BCUT2D eigenvalue weighted by atomic mass is 15.2. The van der Waals surface area contributed by atoms with Gasteiger partial charge in [-0.3, -0.25) is 9.38 Å². The van der Waals surface area contributed by atoms with Crippen molar-refractivity contribution in [2.75, 3.05) is 6.54 Å². The number of nitrogens with zero attached hydrogens (tertiary/aromatic N) is 4. The van der Waals surface area contributed by atoms with Crippen molar-refractivity contribution in [1.29, 1.82) is 0 Å². The molecule has 2 aromatic rings. The molecule has 2 aromatic heterocycles. The van der Waals surface area contributed by atoms with Gasteiger partial charge in [-0.1, -0.05) is 20.3 Å². The predicted molar refractivity (Wildman–Crippen MR) is 76.2 cm³/mol. The lowest BCUT2D eigenvalue weighted by Gasteiger charge is -2.17. The first-order valence-corrected chi connectivity index (χ1v) is 7.14. The van der Waals surface area contributed by atoms with Crippen LogP contribution in [-0.2, 0) is 6.42 Å². The summed E-state index contributed by atoms with van der Waals surface area (Å²) >= 11 is 0. The third kappa shape index (κ3) is 3.29. The van der Waals surface area contributed by atoms with Gasteiger partial charge in [0.2, 0.25) is 0 Å². The average Bonchev–Trinajstić information content (AvgIpc) is 2.79. The zero-order valence-corrected chi connectivity index (χ0v) is 12.1. The van der Waals surface area contributed by atoms with Crippen molar-refractivity contribution in [2.24, 2.45) is 0 Å². The van der Waals surface area contributed by atoms with Crippen molar-refractivity contribution < 1.29 is 0 Å². The van der Waals surface area contributed by atoms with E-state index in [0.29, 0.717) is 6.04 Å². The van der Waals surface area contributed by atoms with Crippen LogP contribution in [0.1, 0.15) is 44.6 Å². The van der Waals surface area contributed by atoms with Gasteiger partial charge in [-0.05, 0) is 26.3 Å². The van der Waals surface area contributed by atoms with Crippen LogP contribution in [0.3, 0.4) is 0 Å². The van der Waals surface area contributed by atoms with E-state index in [1.807, 2.05) is 23.7 Å². The van der Waals surface area contributed by atoms with Crippen LogP contribution in [0.15, 0.2) is 12.4 Å². The maximum absolute atomic E-state index is 4.49. The molecule has 0 spiro atoms. The minimum absolute atomic E-state index is 0.473. The molecule has 0 bridgehead atoms. The molecule has 5 heteroatoms. The molecule has 2 rings (SSSR count). The van der Waals surface area contributed by atoms with Crippen molar-refractivity contribution in [3.63, 3.8) is 0 Å². The average molecular weight is 261 g/mol. The molecule has 0 amide bonds. The lowest BCUT2D eigenvalue weighted by molar-refractivity contribution is 0.469. The van der Waals surface area contributed by atoms with Gasteiger partial charge < -0.3 is 5.32 Å². The fraction of sp³-hybridized carbons (Fsp3) is 0.643. The summed E-state index contributed by atoms with van der Waals surface area (Å²) < 4.78 is 2.01. The number of nitrogens with one attached hydrogen (secondary N) is 1. The number of rotatable bonds is 7. The largest absolute Gasteiger partial charge is 0.314 e. The molecule has 1 unspecified atom stereocenters. The number of aryl methyl sites for hydroxylation is 1. The number of hydrogen-bond donors (Lipinski definition) is 1. The van der Waals surface area contributed by atoms with Gasteiger partial charge >= 0.3 is 0 Å². The zero-order valence-electron chi connectivity index (χ0n) is 12.1. The monoisotopic (exact) mass is 261 g/mol. The lowest BCUT2D eigenvalue weighted by Crippen LogP contribution is -2.32. The summed E-state index contributed by atoms with van der Waals surface area (Å²) in [5.74, 6) is 0.909. The van der Waals surface area contributed by atoms with Gasteiger partial charge in [-0.2, -0.15) is 0 Å². The van der Waals surface area contributed by atoms with Crippen molar-refractivity contribution in [3.8, 4) is 0 Å². The van der Waals surface area contributed by atoms with E-state index >= 15 is 0 Å². The van der Waals surface area contributed by atoms with E-state index in [1.54, 1.807) is 0 Å². The second kappa shape index (κ2) is 6.61. The first-order valence-electron chi connectivity index (χ1n) is 7.14. The molecule has 0 aliphatic rings. The molecule has 0 radical (unpaired) electrons. The third-order valence-corrected chi connectivity index (χ3v) is 3.33. The fourth-order valence-corrected chi connectivity index (χ4v) is 2.34. The van der Waals surface area contributed by atoms with Crippen molar-refractivity contribution in [3.05, 3.63) is 23.9 Å². The van der Waals surface area contributed by atoms with E-state index in [4.69, 9.17) is 0 Å². The molecule has 0 saturated heterocycles. The Morgan fingerprint density at radius 1 is 1.26 bits per heavy atom. The van der Waals surface area contributed by atoms with E-state index < -0.39 is 0 Å². The highest BCUT2D eigenvalue weighted by Gasteiger charge is 2.13. The summed E-state index contributed by atoms with van der Waals surface area (Å²) in [4.78, 5) is 4.49. The molecule has 19 heavy (non-hydrogen) atoms. The number of aromatic nitrogens is 4. The van der Waals surface area contributed by atoms with Gasteiger partial charge in [0.25, 0.3) is 0 Å². The van der Waals surface area contributed by atoms with Crippen molar-refractivity contribution >= 4 is 5.65 Å². The minimum atomic E-state index is 0.473. The fourth-order valence-electron chi connectivity index (χ4n) is 2.34. The maximum atomic E-state index is 4.49. The van der Waals surface area contributed by atoms with Crippen LogP contribution in [0, 0.1) is 6.92 Å². The molecule has 0 fully saturated rings. The standard InChI is InChI=1S/C14H23N5/c1-4-6-12(15-7-5-2)10-13-14-18-17-11(3)19(14)9-8-16-13/h8-9,12,15H,4-7,10H2,1-3H3. The van der Waals surface area contributed by atoms with Crippen molar-refractivity contribution in [1.82, 2.24) is 24.9 Å². The van der Waals surface area contributed by atoms with Crippen LogP contribution >= 0.6 is 0 Å². The Kier molecular flexibility index (Phi) is 4.85. The molecular weight excluding hydrogens is 238 g/mol. The summed E-state index contributed by atoms with van der Waals surface area (Å²) in [6, 6.07) is 0.473. The highest BCUT2D eigenvalue weighted by Crippen LogP contribution is 2.11. The van der Waals surface area contributed by atoms with Crippen LogP contribution < -0.4 is 5.32 Å². The van der Waals surface area contributed by atoms with Crippen LogP contribution in [0.25, 0.3) is 5.65 Å². The van der Waals surface area contributed by atoms with E-state index in [-0.39, 0.29) is 0 Å². The van der Waals surface area contributed by atoms with Gasteiger partial charge in [-0.25, -0.2) is 0 Å².